The summed E-state index contributed by atoms with van der Waals surface area (Å²) in [4.78, 5) is 0. The second-order valence-electron chi connectivity index (χ2n) is 5.86. The van der Waals surface area contributed by atoms with Gasteiger partial charge in [-0.1, -0.05) is 50.2 Å². The van der Waals surface area contributed by atoms with Gasteiger partial charge in [-0.2, -0.15) is 0 Å². The van der Waals surface area contributed by atoms with Gasteiger partial charge in [-0.05, 0) is 41.8 Å². The summed E-state index contributed by atoms with van der Waals surface area (Å²) < 4.78 is 5.88. The van der Waals surface area contributed by atoms with Gasteiger partial charge in [-0.3, -0.25) is 0 Å². The van der Waals surface area contributed by atoms with Gasteiger partial charge in [0.15, 0.2) is 0 Å². The van der Waals surface area contributed by atoms with Crippen molar-refractivity contribution in [3.05, 3.63) is 60.4 Å². The highest BCUT2D eigenvalue weighted by Gasteiger charge is 2.06. The molecule has 0 unspecified atom stereocenters. The van der Waals surface area contributed by atoms with Crippen molar-refractivity contribution in [3.8, 4) is 11.1 Å². The molecule has 0 radical (unpaired) electrons. The van der Waals surface area contributed by atoms with Crippen LogP contribution in [0.1, 0.15) is 19.6 Å². The fourth-order valence-electron chi connectivity index (χ4n) is 2.48. The molecule has 0 spiro atoms. The van der Waals surface area contributed by atoms with Crippen LogP contribution in [0, 0.1) is 5.92 Å². The van der Waals surface area contributed by atoms with Crippen LogP contribution in [0.4, 0.5) is 0 Å². The largest absolute Gasteiger partial charge is 0.460 e. The first-order chi connectivity index (χ1) is 10.2. The van der Waals surface area contributed by atoms with E-state index >= 15 is 0 Å². The van der Waals surface area contributed by atoms with Crippen LogP contribution in [0.15, 0.2) is 59.0 Å². The number of hydrogen-bond donors (Lipinski definition) is 1. The lowest BCUT2D eigenvalue weighted by Crippen LogP contribution is -2.18. The molecule has 0 aliphatic heterocycles. The third-order valence-corrected chi connectivity index (χ3v) is 3.53. The van der Waals surface area contributed by atoms with Gasteiger partial charge in [0.2, 0.25) is 0 Å². The van der Waals surface area contributed by atoms with Crippen LogP contribution in [-0.4, -0.2) is 6.54 Å². The molecule has 0 amide bonds. The topological polar surface area (TPSA) is 25.2 Å². The maximum absolute atomic E-state index is 5.88. The van der Waals surface area contributed by atoms with Gasteiger partial charge in [-0.25, -0.2) is 0 Å². The third-order valence-electron chi connectivity index (χ3n) is 3.53. The van der Waals surface area contributed by atoms with Crippen molar-refractivity contribution >= 4 is 11.0 Å². The third kappa shape index (κ3) is 3.34. The molecular weight excluding hydrogens is 258 g/mol. The van der Waals surface area contributed by atoms with E-state index in [-0.39, 0.29) is 0 Å². The normalized spacial score (nSPS) is 11.4. The standard InChI is InChI=1S/C19H21NO/c1-14(2)12-20-13-18-11-17-10-16(8-9-19(17)21-18)15-6-4-3-5-7-15/h3-11,14,20H,12-13H2,1-2H3. The Balaban J connectivity index is 1.82. The van der Waals surface area contributed by atoms with Crippen molar-refractivity contribution in [2.75, 3.05) is 6.54 Å². The molecule has 0 fully saturated rings. The van der Waals surface area contributed by atoms with Crippen LogP contribution in [0.3, 0.4) is 0 Å². The van der Waals surface area contributed by atoms with E-state index in [0.29, 0.717) is 5.92 Å². The van der Waals surface area contributed by atoms with E-state index in [1.807, 2.05) is 6.07 Å². The predicted octanol–water partition coefficient (Wildman–Crippen LogP) is 4.85. The zero-order chi connectivity index (χ0) is 14.7. The summed E-state index contributed by atoms with van der Waals surface area (Å²) in [6.07, 6.45) is 0. The Kier molecular flexibility index (Phi) is 4.07. The summed E-state index contributed by atoms with van der Waals surface area (Å²) in [7, 11) is 0. The van der Waals surface area contributed by atoms with E-state index in [4.69, 9.17) is 4.42 Å². The molecule has 21 heavy (non-hydrogen) atoms. The van der Waals surface area contributed by atoms with Gasteiger partial charge in [0.05, 0.1) is 6.54 Å². The molecule has 2 nitrogen and oxygen atoms in total. The summed E-state index contributed by atoms with van der Waals surface area (Å²) in [6.45, 7) is 6.20. The Morgan fingerprint density at radius 3 is 2.52 bits per heavy atom. The molecule has 0 aliphatic carbocycles. The second kappa shape index (κ2) is 6.15. The molecule has 0 saturated heterocycles. The molecule has 0 saturated carbocycles. The average Bonchev–Trinajstić information content (AvgIpc) is 2.89. The molecule has 0 aliphatic rings. The van der Waals surface area contributed by atoms with E-state index in [1.54, 1.807) is 0 Å². The number of nitrogens with one attached hydrogen (secondary N) is 1. The van der Waals surface area contributed by atoms with E-state index in [0.717, 1.165) is 29.8 Å². The molecule has 0 atom stereocenters. The van der Waals surface area contributed by atoms with Gasteiger partial charge in [0.1, 0.15) is 11.3 Å². The molecule has 1 aromatic heterocycles. The number of rotatable bonds is 5. The lowest BCUT2D eigenvalue weighted by atomic mass is 10.0. The maximum Gasteiger partial charge on any atom is 0.134 e. The Labute approximate surface area is 125 Å². The predicted molar refractivity (Wildman–Crippen MR) is 88.2 cm³/mol. The second-order valence-corrected chi connectivity index (χ2v) is 5.86. The van der Waals surface area contributed by atoms with E-state index in [1.165, 1.54) is 11.1 Å². The molecule has 108 valence electrons. The van der Waals surface area contributed by atoms with E-state index in [9.17, 15) is 0 Å². The van der Waals surface area contributed by atoms with Crippen molar-refractivity contribution in [1.29, 1.82) is 0 Å². The smallest absolute Gasteiger partial charge is 0.134 e. The zero-order valence-electron chi connectivity index (χ0n) is 12.6. The zero-order valence-corrected chi connectivity index (χ0v) is 12.6. The summed E-state index contributed by atoms with van der Waals surface area (Å²) in [6, 6.07) is 18.9. The van der Waals surface area contributed by atoms with Crippen LogP contribution in [0.5, 0.6) is 0 Å². The minimum atomic E-state index is 0.652. The molecule has 2 heteroatoms. The van der Waals surface area contributed by atoms with Crippen LogP contribution in [0.25, 0.3) is 22.1 Å². The van der Waals surface area contributed by atoms with E-state index in [2.05, 4.69) is 67.7 Å². The SMILES string of the molecule is CC(C)CNCc1cc2cc(-c3ccccc3)ccc2o1. The highest BCUT2D eigenvalue weighted by molar-refractivity contribution is 5.84. The first kappa shape index (κ1) is 13.9. The molecule has 1 N–H and O–H groups in total. The fraction of sp³-hybridized carbons (Fsp3) is 0.263. The van der Waals surface area contributed by atoms with Crippen LogP contribution < -0.4 is 5.32 Å². The Morgan fingerprint density at radius 1 is 0.952 bits per heavy atom. The van der Waals surface area contributed by atoms with E-state index < -0.39 is 0 Å². The number of fused-ring (bicyclic) bond motifs is 1. The summed E-state index contributed by atoms with van der Waals surface area (Å²) in [5, 5.41) is 4.58. The first-order valence-corrected chi connectivity index (χ1v) is 7.51. The minimum Gasteiger partial charge on any atom is -0.460 e. The lowest BCUT2D eigenvalue weighted by Gasteiger charge is -2.04. The maximum atomic E-state index is 5.88. The highest BCUT2D eigenvalue weighted by atomic mass is 16.3. The Morgan fingerprint density at radius 2 is 1.76 bits per heavy atom. The van der Waals surface area contributed by atoms with Crippen molar-refractivity contribution in [1.82, 2.24) is 5.32 Å². The molecule has 3 aromatic rings. The Hall–Kier alpha value is -2.06. The summed E-state index contributed by atoms with van der Waals surface area (Å²) >= 11 is 0. The van der Waals surface area contributed by atoms with Crippen LogP contribution >= 0.6 is 0 Å². The van der Waals surface area contributed by atoms with Crippen LogP contribution in [-0.2, 0) is 6.54 Å². The number of hydrogen-bond acceptors (Lipinski definition) is 2. The van der Waals surface area contributed by atoms with Crippen molar-refractivity contribution in [2.45, 2.75) is 20.4 Å². The Bertz CT molecular complexity index is 713. The number of benzene rings is 2. The fourth-order valence-corrected chi connectivity index (χ4v) is 2.48. The first-order valence-electron chi connectivity index (χ1n) is 7.51. The molecule has 1 heterocycles. The number of furan rings is 1. The average molecular weight is 279 g/mol. The quantitative estimate of drug-likeness (QED) is 0.722. The molecular formula is C19H21NO. The van der Waals surface area contributed by atoms with Crippen molar-refractivity contribution in [3.63, 3.8) is 0 Å². The highest BCUT2D eigenvalue weighted by Crippen LogP contribution is 2.26. The molecule has 0 bridgehead atoms. The van der Waals surface area contributed by atoms with Gasteiger partial charge in [0.25, 0.3) is 0 Å². The lowest BCUT2D eigenvalue weighted by molar-refractivity contribution is 0.485. The molecule has 3 rings (SSSR count). The van der Waals surface area contributed by atoms with Crippen LogP contribution in [0.2, 0.25) is 0 Å². The molecule has 2 aromatic carbocycles. The summed E-state index contributed by atoms with van der Waals surface area (Å²) in [5.41, 5.74) is 3.42. The monoisotopic (exact) mass is 279 g/mol. The van der Waals surface area contributed by atoms with Gasteiger partial charge in [-0.15, -0.1) is 0 Å². The van der Waals surface area contributed by atoms with Crippen molar-refractivity contribution < 1.29 is 4.42 Å². The minimum absolute atomic E-state index is 0.652. The van der Waals surface area contributed by atoms with Gasteiger partial charge in [0, 0.05) is 5.39 Å². The van der Waals surface area contributed by atoms with Gasteiger partial charge < -0.3 is 9.73 Å². The van der Waals surface area contributed by atoms with Crippen molar-refractivity contribution in [2.24, 2.45) is 5.92 Å². The van der Waals surface area contributed by atoms with Gasteiger partial charge >= 0.3 is 0 Å². The summed E-state index contributed by atoms with van der Waals surface area (Å²) in [5.74, 6) is 1.65.